The van der Waals surface area contributed by atoms with Crippen molar-refractivity contribution in [2.45, 2.75) is 39.2 Å². The SMILES string of the molecule is CC[C@H](C)c1ccc(N2C(=S)N[C@@H](c3ccc(OC)c(O)c3)C(C(=O)N3CCOCC3)=C2C)cc1. The molecule has 2 aliphatic heterocycles. The van der Waals surface area contributed by atoms with E-state index in [-0.39, 0.29) is 11.7 Å². The van der Waals surface area contributed by atoms with E-state index in [0.717, 1.165) is 23.4 Å². The van der Waals surface area contributed by atoms with Gasteiger partial charge in [-0.3, -0.25) is 9.69 Å². The summed E-state index contributed by atoms with van der Waals surface area (Å²) in [4.78, 5) is 17.6. The minimum Gasteiger partial charge on any atom is -0.504 e. The largest absolute Gasteiger partial charge is 0.504 e. The van der Waals surface area contributed by atoms with Crippen LogP contribution in [0.25, 0.3) is 0 Å². The summed E-state index contributed by atoms with van der Waals surface area (Å²) in [7, 11) is 1.50. The number of nitrogens with zero attached hydrogens (tertiary/aromatic N) is 2. The van der Waals surface area contributed by atoms with Gasteiger partial charge in [0, 0.05) is 24.5 Å². The number of phenolic OH excluding ortho intramolecular Hbond substituents is 1. The van der Waals surface area contributed by atoms with Crippen LogP contribution in [-0.2, 0) is 9.53 Å². The maximum Gasteiger partial charge on any atom is 0.254 e. The number of ether oxygens (including phenoxy) is 2. The molecule has 0 saturated carbocycles. The first-order valence-corrected chi connectivity index (χ1v) is 12.4. The molecule has 1 fully saturated rings. The number of allylic oxidation sites excluding steroid dienone is 1. The Hall–Kier alpha value is -3.10. The number of rotatable bonds is 6. The Bertz CT molecular complexity index is 1130. The number of amides is 1. The summed E-state index contributed by atoms with van der Waals surface area (Å²) in [5.41, 5.74) is 4.26. The molecule has 7 nitrogen and oxygen atoms in total. The molecule has 0 spiro atoms. The van der Waals surface area contributed by atoms with Crippen molar-refractivity contribution in [3.05, 3.63) is 64.9 Å². The van der Waals surface area contributed by atoms with Crippen molar-refractivity contribution >= 4 is 28.9 Å². The maximum absolute atomic E-state index is 13.8. The number of hydrogen-bond donors (Lipinski definition) is 2. The number of anilines is 1. The van der Waals surface area contributed by atoms with Gasteiger partial charge in [0.25, 0.3) is 5.91 Å². The van der Waals surface area contributed by atoms with Crippen LogP contribution in [-0.4, -0.2) is 54.4 Å². The summed E-state index contributed by atoms with van der Waals surface area (Å²) in [6, 6.07) is 13.0. The number of benzene rings is 2. The number of carbonyl (C=O) groups excluding carboxylic acids is 1. The number of morpholine rings is 1. The van der Waals surface area contributed by atoms with Crippen LogP contribution in [0.15, 0.2) is 53.7 Å². The molecule has 2 N–H and O–H groups in total. The Balaban J connectivity index is 1.78. The van der Waals surface area contributed by atoms with Crippen molar-refractivity contribution in [1.29, 1.82) is 0 Å². The molecule has 0 aliphatic carbocycles. The molecule has 186 valence electrons. The van der Waals surface area contributed by atoms with Gasteiger partial charge in [-0.25, -0.2) is 0 Å². The zero-order valence-electron chi connectivity index (χ0n) is 20.7. The van der Waals surface area contributed by atoms with Crippen LogP contribution < -0.4 is 15.0 Å². The molecule has 2 aliphatic rings. The molecule has 0 radical (unpaired) electrons. The average Bonchev–Trinajstić information content (AvgIpc) is 2.88. The molecule has 8 heteroatoms. The Morgan fingerprint density at radius 1 is 1.23 bits per heavy atom. The lowest BCUT2D eigenvalue weighted by molar-refractivity contribution is -0.131. The number of methoxy groups -OCH3 is 1. The number of nitrogens with one attached hydrogen (secondary N) is 1. The van der Waals surface area contributed by atoms with Gasteiger partial charge in [0.05, 0.1) is 31.9 Å². The minimum atomic E-state index is -0.509. The Morgan fingerprint density at radius 2 is 1.91 bits per heavy atom. The normalized spacial score (nSPS) is 19.4. The molecule has 0 aromatic heterocycles. The van der Waals surface area contributed by atoms with Crippen LogP contribution in [0.5, 0.6) is 11.5 Å². The lowest BCUT2D eigenvalue weighted by Gasteiger charge is -2.40. The van der Waals surface area contributed by atoms with Gasteiger partial charge < -0.3 is 24.8 Å². The van der Waals surface area contributed by atoms with E-state index in [2.05, 4.69) is 43.4 Å². The maximum atomic E-state index is 13.8. The van der Waals surface area contributed by atoms with E-state index >= 15 is 0 Å². The number of hydrogen-bond acceptors (Lipinski definition) is 5. The lowest BCUT2D eigenvalue weighted by Crippen LogP contribution is -2.51. The average molecular weight is 496 g/mol. The summed E-state index contributed by atoms with van der Waals surface area (Å²) >= 11 is 5.80. The fraction of sp³-hybridized carbons (Fsp3) is 0.407. The molecule has 0 unspecified atom stereocenters. The molecule has 35 heavy (non-hydrogen) atoms. The van der Waals surface area contributed by atoms with Gasteiger partial charge in [0.2, 0.25) is 0 Å². The van der Waals surface area contributed by atoms with Crippen LogP contribution >= 0.6 is 12.2 Å². The van der Waals surface area contributed by atoms with E-state index in [4.69, 9.17) is 21.7 Å². The number of aromatic hydroxyl groups is 1. The highest BCUT2D eigenvalue weighted by atomic mass is 32.1. The van der Waals surface area contributed by atoms with Crippen molar-refractivity contribution < 1.29 is 19.4 Å². The summed E-state index contributed by atoms with van der Waals surface area (Å²) in [6.45, 7) is 8.41. The molecule has 2 aromatic carbocycles. The van der Waals surface area contributed by atoms with Crippen molar-refractivity contribution in [3.63, 3.8) is 0 Å². The third-order valence-electron chi connectivity index (χ3n) is 6.88. The number of phenols is 1. The number of carbonyl (C=O) groups is 1. The molecule has 1 amide bonds. The fourth-order valence-corrected chi connectivity index (χ4v) is 4.95. The fourth-order valence-electron chi connectivity index (χ4n) is 4.59. The van der Waals surface area contributed by atoms with Crippen molar-refractivity contribution in [2.24, 2.45) is 0 Å². The van der Waals surface area contributed by atoms with E-state index in [1.54, 1.807) is 12.1 Å². The van der Waals surface area contributed by atoms with Crippen molar-refractivity contribution in [3.8, 4) is 11.5 Å². The highest BCUT2D eigenvalue weighted by Crippen LogP contribution is 2.38. The van der Waals surface area contributed by atoms with Gasteiger partial charge in [-0.2, -0.15) is 0 Å². The predicted molar refractivity (Wildman–Crippen MR) is 141 cm³/mol. The van der Waals surface area contributed by atoms with Crippen LogP contribution in [0.3, 0.4) is 0 Å². The van der Waals surface area contributed by atoms with Crippen molar-refractivity contribution in [2.75, 3.05) is 38.3 Å². The molecular weight excluding hydrogens is 462 g/mol. The standard InChI is InChI=1S/C27H33N3O4S/c1-5-17(2)19-6-9-21(10-7-19)30-18(3)24(26(32)29-12-14-34-15-13-29)25(28-27(30)35)20-8-11-23(33-4)22(31)16-20/h6-11,16-17,25,31H,5,12-15H2,1-4H3,(H,28,35)/t17-,25-/m0/s1. The van der Waals surface area contributed by atoms with E-state index in [9.17, 15) is 9.90 Å². The molecule has 4 rings (SSSR count). The first-order chi connectivity index (χ1) is 16.8. The van der Waals surface area contributed by atoms with Crippen LogP contribution in [0.4, 0.5) is 5.69 Å². The Morgan fingerprint density at radius 3 is 2.51 bits per heavy atom. The molecular formula is C27H33N3O4S. The highest BCUT2D eigenvalue weighted by molar-refractivity contribution is 7.80. The zero-order chi connectivity index (χ0) is 25.1. The predicted octanol–water partition coefficient (Wildman–Crippen LogP) is 4.48. The van der Waals surface area contributed by atoms with E-state index in [0.29, 0.717) is 48.7 Å². The first-order valence-electron chi connectivity index (χ1n) is 12.0. The van der Waals surface area contributed by atoms with Crippen molar-refractivity contribution in [1.82, 2.24) is 10.2 Å². The van der Waals surface area contributed by atoms with Crippen LogP contribution in [0, 0.1) is 0 Å². The smallest absolute Gasteiger partial charge is 0.254 e. The molecule has 2 aromatic rings. The van der Waals surface area contributed by atoms with E-state index in [1.165, 1.54) is 12.7 Å². The lowest BCUT2D eigenvalue weighted by atomic mass is 9.93. The monoisotopic (exact) mass is 495 g/mol. The van der Waals surface area contributed by atoms with Gasteiger partial charge in [-0.05, 0) is 66.9 Å². The van der Waals surface area contributed by atoms with E-state index < -0.39 is 6.04 Å². The third-order valence-corrected chi connectivity index (χ3v) is 7.18. The molecule has 0 bridgehead atoms. The second kappa shape index (κ2) is 10.7. The summed E-state index contributed by atoms with van der Waals surface area (Å²) < 4.78 is 10.7. The second-order valence-electron chi connectivity index (χ2n) is 8.95. The van der Waals surface area contributed by atoms with Gasteiger partial charge in [-0.1, -0.05) is 32.0 Å². The Labute approximate surface area is 212 Å². The quantitative estimate of drug-likeness (QED) is 0.572. The third kappa shape index (κ3) is 4.99. The summed E-state index contributed by atoms with van der Waals surface area (Å²) in [5.74, 6) is 0.786. The number of thiocarbonyl (C=S) groups is 1. The molecule has 1 saturated heterocycles. The molecule has 2 atom stereocenters. The topological polar surface area (TPSA) is 74.3 Å². The first kappa shape index (κ1) is 25.0. The second-order valence-corrected chi connectivity index (χ2v) is 9.34. The van der Waals surface area contributed by atoms with Gasteiger partial charge in [0.1, 0.15) is 0 Å². The zero-order valence-corrected chi connectivity index (χ0v) is 21.5. The Kier molecular flexibility index (Phi) is 7.62. The molecule has 2 heterocycles. The van der Waals surface area contributed by atoms with Crippen LogP contribution in [0.2, 0.25) is 0 Å². The summed E-state index contributed by atoms with van der Waals surface area (Å²) in [6.07, 6.45) is 1.07. The van der Waals surface area contributed by atoms with Gasteiger partial charge in [0.15, 0.2) is 16.6 Å². The van der Waals surface area contributed by atoms with Gasteiger partial charge >= 0.3 is 0 Å². The van der Waals surface area contributed by atoms with E-state index in [1.807, 2.05) is 22.8 Å². The summed E-state index contributed by atoms with van der Waals surface area (Å²) in [5, 5.41) is 14.3. The van der Waals surface area contributed by atoms with Crippen LogP contribution in [0.1, 0.15) is 50.3 Å². The van der Waals surface area contributed by atoms with Gasteiger partial charge in [-0.15, -0.1) is 0 Å². The minimum absolute atomic E-state index is 0.0107. The highest BCUT2D eigenvalue weighted by Gasteiger charge is 2.37.